The van der Waals surface area contributed by atoms with Crippen molar-refractivity contribution >= 4 is 21.6 Å². The summed E-state index contributed by atoms with van der Waals surface area (Å²) in [6.07, 6.45) is 1.91. The highest BCUT2D eigenvalue weighted by molar-refractivity contribution is 9.10. The molecule has 0 aliphatic rings. The fourth-order valence-corrected chi connectivity index (χ4v) is 2.20. The van der Waals surface area contributed by atoms with Crippen LogP contribution in [0.2, 0.25) is 0 Å². The Morgan fingerprint density at radius 2 is 2.11 bits per heavy atom. The van der Waals surface area contributed by atoms with E-state index in [1.165, 1.54) is 0 Å². The fourth-order valence-electron chi connectivity index (χ4n) is 1.80. The smallest absolute Gasteiger partial charge is 0.182 e. The Bertz CT molecular complexity index is 705. The molecule has 2 heterocycles. The first-order chi connectivity index (χ1) is 8.76. The van der Waals surface area contributed by atoms with E-state index in [0.717, 1.165) is 21.2 Å². The number of pyridine rings is 1. The van der Waals surface area contributed by atoms with Crippen molar-refractivity contribution in [2.75, 3.05) is 0 Å². The van der Waals surface area contributed by atoms with Gasteiger partial charge in [-0.05, 0) is 23.8 Å². The summed E-state index contributed by atoms with van der Waals surface area (Å²) in [4.78, 5) is 4.49. The molecule has 1 aromatic carbocycles. The molecule has 3 rings (SSSR count). The molecule has 0 radical (unpaired) electrons. The standard InChI is InChI=1S/C13H11BrN4/c14-11-3-1-2-10(6-11)13-16-12-5-4-9(7-15)8-18(12)17-13/h1-6,8H,7,15H2. The van der Waals surface area contributed by atoms with Crippen molar-refractivity contribution in [3.8, 4) is 11.4 Å². The molecule has 0 amide bonds. The van der Waals surface area contributed by atoms with Crippen LogP contribution in [0.3, 0.4) is 0 Å². The topological polar surface area (TPSA) is 56.2 Å². The van der Waals surface area contributed by atoms with E-state index in [-0.39, 0.29) is 0 Å². The minimum absolute atomic E-state index is 0.502. The van der Waals surface area contributed by atoms with Crippen LogP contribution in [-0.4, -0.2) is 14.6 Å². The number of hydrogen-bond acceptors (Lipinski definition) is 3. The maximum absolute atomic E-state index is 5.61. The zero-order valence-corrected chi connectivity index (χ0v) is 11.1. The molecule has 0 atom stereocenters. The second kappa shape index (κ2) is 4.51. The fraction of sp³-hybridized carbons (Fsp3) is 0.0769. The predicted octanol–water partition coefficient (Wildman–Crippen LogP) is 2.62. The first-order valence-corrected chi connectivity index (χ1v) is 6.37. The molecule has 4 nitrogen and oxygen atoms in total. The number of benzene rings is 1. The SMILES string of the molecule is NCc1ccc2nc(-c3cccc(Br)c3)nn2c1. The van der Waals surface area contributed by atoms with Gasteiger partial charge < -0.3 is 5.73 Å². The van der Waals surface area contributed by atoms with Crippen molar-refractivity contribution in [2.24, 2.45) is 5.73 Å². The number of nitrogens with zero attached hydrogens (tertiary/aromatic N) is 3. The second-order valence-corrected chi connectivity index (χ2v) is 4.91. The van der Waals surface area contributed by atoms with Gasteiger partial charge in [-0.2, -0.15) is 0 Å². The van der Waals surface area contributed by atoms with Gasteiger partial charge in [0, 0.05) is 22.8 Å². The predicted molar refractivity (Wildman–Crippen MR) is 74.0 cm³/mol. The molecule has 3 aromatic rings. The van der Waals surface area contributed by atoms with Crippen molar-refractivity contribution in [3.63, 3.8) is 0 Å². The van der Waals surface area contributed by atoms with Crippen LogP contribution in [-0.2, 0) is 6.54 Å². The van der Waals surface area contributed by atoms with E-state index in [4.69, 9.17) is 5.73 Å². The molecular weight excluding hydrogens is 292 g/mol. The van der Waals surface area contributed by atoms with E-state index in [1.54, 1.807) is 4.52 Å². The van der Waals surface area contributed by atoms with Crippen LogP contribution >= 0.6 is 15.9 Å². The van der Waals surface area contributed by atoms with Gasteiger partial charge in [0.15, 0.2) is 11.5 Å². The Labute approximate surface area is 113 Å². The number of rotatable bonds is 2. The lowest BCUT2D eigenvalue weighted by Crippen LogP contribution is -1.98. The van der Waals surface area contributed by atoms with Crippen LogP contribution in [0.25, 0.3) is 17.0 Å². The molecule has 0 aliphatic heterocycles. The maximum Gasteiger partial charge on any atom is 0.182 e. The van der Waals surface area contributed by atoms with E-state index < -0.39 is 0 Å². The summed E-state index contributed by atoms with van der Waals surface area (Å²) in [5, 5.41) is 4.46. The largest absolute Gasteiger partial charge is 0.326 e. The van der Waals surface area contributed by atoms with Gasteiger partial charge in [-0.15, -0.1) is 5.10 Å². The minimum Gasteiger partial charge on any atom is -0.326 e. The molecule has 18 heavy (non-hydrogen) atoms. The van der Waals surface area contributed by atoms with Crippen LogP contribution in [0.4, 0.5) is 0 Å². The Hall–Kier alpha value is -1.72. The maximum atomic E-state index is 5.61. The third kappa shape index (κ3) is 2.02. The average Bonchev–Trinajstić information content (AvgIpc) is 2.81. The lowest BCUT2D eigenvalue weighted by atomic mass is 10.2. The zero-order chi connectivity index (χ0) is 12.5. The summed E-state index contributed by atoms with van der Waals surface area (Å²) >= 11 is 3.45. The van der Waals surface area contributed by atoms with Crippen LogP contribution < -0.4 is 5.73 Å². The van der Waals surface area contributed by atoms with Gasteiger partial charge in [-0.3, -0.25) is 0 Å². The van der Waals surface area contributed by atoms with Crippen LogP contribution in [0.15, 0.2) is 47.1 Å². The third-order valence-electron chi connectivity index (χ3n) is 2.71. The number of nitrogens with two attached hydrogens (primary N) is 1. The van der Waals surface area contributed by atoms with Crippen molar-refractivity contribution in [1.29, 1.82) is 0 Å². The second-order valence-electron chi connectivity index (χ2n) is 3.99. The highest BCUT2D eigenvalue weighted by Crippen LogP contribution is 2.20. The van der Waals surface area contributed by atoms with Crippen LogP contribution in [0.1, 0.15) is 5.56 Å². The number of halogens is 1. The molecule has 0 fully saturated rings. The number of aromatic nitrogens is 3. The third-order valence-corrected chi connectivity index (χ3v) is 3.20. The summed E-state index contributed by atoms with van der Waals surface area (Å²) in [5.41, 5.74) is 8.46. The van der Waals surface area contributed by atoms with Crippen molar-refractivity contribution < 1.29 is 0 Å². The lowest BCUT2D eigenvalue weighted by molar-refractivity contribution is 0.931. The quantitative estimate of drug-likeness (QED) is 0.792. The molecule has 0 aliphatic carbocycles. The van der Waals surface area contributed by atoms with Crippen molar-refractivity contribution in [3.05, 3.63) is 52.6 Å². The van der Waals surface area contributed by atoms with Gasteiger partial charge in [-0.25, -0.2) is 9.50 Å². The Balaban J connectivity index is 2.13. The van der Waals surface area contributed by atoms with E-state index >= 15 is 0 Å². The zero-order valence-electron chi connectivity index (χ0n) is 9.55. The normalized spacial score (nSPS) is 11.0. The molecule has 0 saturated heterocycles. The molecule has 2 aromatic heterocycles. The molecule has 2 N–H and O–H groups in total. The molecule has 0 bridgehead atoms. The number of hydrogen-bond donors (Lipinski definition) is 1. The van der Waals surface area contributed by atoms with Gasteiger partial charge in [0.1, 0.15) is 0 Å². The van der Waals surface area contributed by atoms with Crippen molar-refractivity contribution in [2.45, 2.75) is 6.54 Å². The Morgan fingerprint density at radius 1 is 1.22 bits per heavy atom. The Morgan fingerprint density at radius 3 is 2.89 bits per heavy atom. The van der Waals surface area contributed by atoms with Gasteiger partial charge in [0.25, 0.3) is 0 Å². The monoisotopic (exact) mass is 302 g/mol. The molecule has 0 unspecified atom stereocenters. The van der Waals surface area contributed by atoms with Crippen molar-refractivity contribution in [1.82, 2.24) is 14.6 Å². The summed E-state index contributed by atoms with van der Waals surface area (Å²) < 4.78 is 2.78. The minimum atomic E-state index is 0.502. The van der Waals surface area contributed by atoms with E-state index in [1.807, 2.05) is 42.6 Å². The molecule has 90 valence electrons. The summed E-state index contributed by atoms with van der Waals surface area (Å²) in [6.45, 7) is 0.502. The molecule has 0 saturated carbocycles. The van der Waals surface area contributed by atoms with E-state index in [9.17, 15) is 0 Å². The summed E-state index contributed by atoms with van der Waals surface area (Å²) in [5.74, 6) is 0.713. The van der Waals surface area contributed by atoms with Crippen LogP contribution in [0, 0.1) is 0 Å². The van der Waals surface area contributed by atoms with Gasteiger partial charge >= 0.3 is 0 Å². The Kier molecular flexibility index (Phi) is 2.85. The summed E-state index contributed by atoms with van der Waals surface area (Å²) in [7, 11) is 0. The molecular formula is C13H11BrN4. The highest BCUT2D eigenvalue weighted by atomic mass is 79.9. The first kappa shape index (κ1) is 11.4. The van der Waals surface area contributed by atoms with Gasteiger partial charge in [-0.1, -0.05) is 34.1 Å². The molecule has 0 spiro atoms. The molecule has 5 heteroatoms. The van der Waals surface area contributed by atoms with Gasteiger partial charge in [0.05, 0.1) is 0 Å². The van der Waals surface area contributed by atoms with E-state index in [0.29, 0.717) is 12.4 Å². The van der Waals surface area contributed by atoms with E-state index in [2.05, 4.69) is 26.0 Å². The average molecular weight is 303 g/mol. The first-order valence-electron chi connectivity index (χ1n) is 5.57. The van der Waals surface area contributed by atoms with Gasteiger partial charge in [0.2, 0.25) is 0 Å². The lowest BCUT2D eigenvalue weighted by Gasteiger charge is -1.95. The highest BCUT2D eigenvalue weighted by Gasteiger charge is 2.06. The van der Waals surface area contributed by atoms with Crippen LogP contribution in [0.5, 0.6) is 0 Å². The summed E-state index contributed by atoms with van der Waals surface area (Å²) in [6, 6.07) is 11.8. The number of fused-ring (bicyclic) bond motifs is 1.